The Morgan fingerprint density at radius 1 is 1.42 bits per heavy atom. The fourth-order valence-electron chi connectivity index (χ4n) is 2.53. The van der Waals surface area contributed by atoms with Crippen molar-refractivity contribution >= 4 is 22.9 Å². The van der Waals surface area contributed by atoms with Gasteiger partial charge in [0.25, 0.3) is 0 Å². The molecule has 0 saturated carbocycles. The number of halogens is 1. The van der Waals surface area contributed by atoms with Crippen LogP contribution in [0.3, 0.4) is 0 Å². The average molecular weight is 301 g/mol. The van der Waals surface area contributed by atoms with Gasteiger partial charge in [0.05, 0.1) is 4.34 Å². The van der Waals surface area contributed by atoms with E-state index in [0.29, 0.717) is 11.5 Å². The predicted molar refractivity (Wildman–Crippen MR) is 85.3 cm³/mol. The summed E-state index contributed by atoms with van der Waals surface area (Å²) in [5.74, 6) is 0. The van der Waals surface area contributed by atoms with Crippen LogP contribution in [0.1, 0.15) is 32.1 Å². The van der Waals surface area contributed by atoms with E-state index >= 15 is 0 Å². The maximum absolute atomic E-state index is 5.99. The fraction of sp³-hybridized carbons (Fsp3) is 0.733. The molecule has 0 spiro atoms. The Morgan fingerprint density at radius 3 is 2.84 bits per heavy atom. The first kappa shape index (κ1) is 15.3. The molecule has 2 heterocycles. The molecule has 2 nitrogen and oxygen atoms in total. The van der Waals surface area contributed by atoms with Crippen LogP contribution in [-0.4, -0.2) is 37.1 Å². The number of rotatable bonds is 3. The highest BCUT2D eigenvalue weighted by atomic mass is 35.5. The molecule has 0 aliphatic carbocycles. The summed E-state index contributed by atoms with van der Waals surface area (Å²) in [4.78, 5) is 4.00. The van der Waals surface area contributed by atoms with Gasteiger partial charge in [0.2, 0.25) is 0 Å². The molecular formula is C15H25ClN2S. The van der Waals surface area contributed by atoms with Crippen molar-refractivity contribution in [3.63, 3.8) is 0 Å². The van der Waals surface area contributed by atoms with Gasteiger partial charge >= 0.3 is 0 Å². The fourth-order valence-corrected chi connectivity index (χ4v) is 3.61. The molecule has 0 aromatic carbocycles. The zero-order valence-corrected chi connectivity index (χ0v) is 13.8. The second kappa shape index (κ2) is 6.57. The smallest absolute Gasteiger partial charge is 0.0931 e. The standard InChI is InChI=1S/C15H25ClN2S/c1-15(2,3)13-11-18(9-4-8-17-13)10-7-12-5-6-14(16)19-12/h5-6,13,17H,4,7-11H2,1-3H3. The highest BCUT2D eigenvalue weighted by molar-refractivity contribution is 7.16. The van der Waals surface area contributed by atoms with Crippen molar-refractivity contribution < 1.29 is 0 Å². The van der Waals surface area contributed by atoms with Crippen molar-refractivity contribution in [3.05, 3.63) is 21.3 Å². The summed E-state index contributed by atoms with van der Waals surface area (Å²) < 4.78 is 0.903. The van der Waals surface area contributed by atoms with Gasteiger partial charge in [-0.05, 0) is 43.5 Å². The summed E-state index contributed by atoms with van der Waals surface area (Å²) in [5.41, 5.74) is 0.328. The van der Waals surface area contributed by atoms with Gasteiger partial charge in [0, 0.05) is 24.0 Å². The maximum Gasteiger partial charge on any atom is 0.0931 e. The molecule has 1 aromatic rings. The zero-order chi connectivity index (χ0) is 13.9. The van der Waals surface area contributed by atoms with Crippen molar-refractivity contribution in [2.24, 2.45) is 5.41 Å². The Balaban J connectivity index is 1.88. The molecule has 1 aliphatic heterocycles. The summed E-state index contributed by atoms with van der Waals surface area (Å²) in [7, 11) is 0. The van der Waals surface area contributed by atoms with Crippen molar-refractivity contribution in [1.82, 2.24) is 10.2 Å². The Labute approximate surface area is 126 Å². The zero-order valence-electron chi connectivity index (χ0n) is 12.2. The first-order valence-electron chi connectivity index (χ1n) is 7.15. The minimum Gasteiger partial charge on any atom is -0.312 e. The molecule has 1 N–H and O–H groups in total. The third-order valence-corrected chi connectivity index (χ3v) is 5.12. The summed E-state index contributed by atoms with van der Waals surface area (Å²) in [5, 5.41) is 3.69. The van der Waals surface area contributed by atoms with Crippen LogP contribution in [0.5, 0.6) is 0 Å². The van der Waals surface area contributed by atoms with Crippen LogP contribution in [0.4, 0.5) is 0 Å². The normalized spacial score (nSPS) is 22.4. The lowest BCUT2D eigenvalue weighted by molar-refractivity contribution is 0.199. The third kappa shape index (κ3) is 4.75. The van der Waals surface area contributed by atoms with Gasteiger partial charge < -0.3 is 10.2 Å². The lowest BCUT2D eigenvalue weighted by Gasteiger charge is -2.33. The van der Waals surface area contributed by atoms with Crippen LogP contribution in [0.2, 0.25) is 4.34 Å². The van der Waals surface area contributed by atoms with Crippen molar-refractivity contribution in [2.75, 3.05) is 26.2 Å². The van der Waals surface area contributed by atoms with Gasteiger partial charge in [-0.2, -0.15) is 0 Å². The molecular weight excluding hydrogens is 276 g/mol. The Bertz CT molecular complexity index is 397. The second-order valence-electron chi connectivity index (χ2n) is 6.48. The monoisotopic (exact) mass is 300 g/mol. The van der Waals surface area contributed by atoms with Crippen LogP contribution in [-0.2, 0) is 6.42 Å². The lowest BCUT2D eigenvalue weighted by Crippen LogP contribution is -2.46. The van der Waals surface area contributed by atoms with E-state index in [0.717, 1.165) is 30.4 Å². The van der Waals surface area contributed by atoms with Gasteiger partial charge in [0.1, 0.15) is 0 Å². The number of nitrogens with one attached hydrogen (secondary N) is 1. The first-order valence-corrected chi connectivity index (χ1v) is 8.34. The molecule has 1 aromatic heterocycles. The lowest BCUT2D eigenvalue weighted by atomic mass is 9.86. The van der Waals surface area contributed by atoms with Gasteiger partial charge in [-0.15, -0.1) is 11.3 Å². The quantitative estimate of drug-likeness (QED) is 0.916. The van der Waals surface area contributed by atoms with E-state index < -0.39 is 0 Å². The molecule has 1 saturated heterocycles. The van der Waals surface area contributed by atoms with E-state index in [1.54, 1.807) is 11.3 Å². The van der Waals surface area contributed by atoms with Gasteiger partial charge in [-0.3, -0.25) is 0 Å². The maximum atomic E-state index is 5.99. The van der Waals surface area contributed by atoms with Crippen LogP contribution in [0.15, 0.2) is 12.1 Å². The topological polar surface area (TPSA) is 15.3 Å². The van der Waals surface area contributed by atoms with Gasteiger partial charge in [-0.25, -0.2) is 0 Å². The number of hydrogen-bond acceptors (Lipinski definition) is 3. The average Bonchev–Trinajstić information content (AvgIpc) is 2.61. The third-order valence-electron chi connectivity index (χ3n) is 3.83. The molecule has 1 aliphatic rings. The Morgan fingerprint density at radius 2 is 2.21 bits per heavy atom. The Kier molecular flexibility index (Phi) is 5.29. The highest BCUT2D eigenvalue weighted by Crippen LogP contribution is 2.24. The van der Waals surface area contributed by atoms with E-state index in [1.165, 1.54) is 17.8 Å². The van der Waals surface area contributed by atoms with E-state index in [4.69, 9.17) is 11.6 Å². The van der Waals surface area contributed by atoms with E-state index in [-0.39, 0.29) is 0 Å². The molecule has 0 amide bonds. The minimum atomic E-state index is 0.328. The first-order chi connectivity index (χ1) is 8.95. The van der Waals surface area contributed by atoms with E-state index in [9.17, 15) is 0 Å². The summed E-state index contributed by atoms with van der Waals surface area (Å²) in [6.07, 6.45) is 2.37. The molecule has 2 rings (SSSR count). The van der Waals surface area contributed by atoms with Gasteiger partial charge in [0.15, 0.2) is 0 Å². The van der Waals surface area contributed by atoms with Crippen LogP contribution < -0.4 is 5.32 Å². The molecule has 1 unspecified atom stereocenters. The largest absolute Gasteiger partial charge is 0.312 e. The summed E-state index contributed by atoms with van der Waals surface area (Å²) in [6, 6.07) is 4.75. The number of hydrogen-bond donors (Lipinski definition) is 1. The summed E-state index contributed by atoms with van der Waals surface area (Å²) in [6.45, 7) is 11.6. The molecule has 19 heavy (non-hydrogen) atoms. The highest BCUT2D eigenvalue weighted by Gasteiger charge is 2.27. The second-order valence-corrected chi connectivity index (χ2v) is 8.28. The van der Waals surface area contributed by atoms with Crippen molar-refractivity contribution in [2.45, 2.75) is 39.7 Å². The molecule has 4 heteroatoms. The molecule has 0 bridgehead atoms. The molecule has 1 fully saturated rings. The predicted octanol–water partition coefficient (Wildman–Crippen LogP) is 3.65. The molecule has 1 atom stereocenters. The SMILES string of the molecule is CC(C)(C)C1CN(CCc2ccc(Cl)s2)CCCN1. The van der Waals surface area contributed by atoms with E-state index in [1.807, 2.05) is 6.07 Å². The van der Waals surface area contributed by atoms with Crippen LogP contribution >= 0.6 is 22.9 Å². The van der Waals surface area contributed by atoms with Crippen LogP contribution in [0, 0.1) is 5.41 Å². The Hall–Kier alpha value is -0.0900. The van der Waals surface area contributed by atoms with Gasteiger partial charge in [-0.1, -0.05) is 32.4 Å². The van der Waals surface area contributed by atoms with E-state index in [2.05, 4.69) is 37.1 Å². The van der Waals surface area contributed by atoms with Crippen molar-refractivity contribution in [3.8, 4) is 0 Å². The minimum absolute atomic E-state index is 0.328. The van der Waals surface area contributed by atoms with Crippen molar-refractivity contribution in [1.29, 1.82) is 0 Å². The molecule has 108 valence electrons. The number of thiophene rings is 1. The molecule has 0 radical (unpaired) electrons. The number of nitrogens with zero attached hydrogens (tertiary/aromatic N) is 1. The van der Waals surface area contributed by atoms with Crippen LogP contribution in [0.25, 0.3) is 0 Å². The summed E-state index contributed by atoms with van der Waals surface area (Å²) >= 11 is 7.70.